The SMILES string of the molecule is O=c1c(CN2CCc3nc(C4CC4)ncc3C2)coc2c([N+](=O)[O-])cc(F)cc12. The first-order valence-corrected chi connectivity index (χ1v) is 9.45. The van der Waals surface area contributed by atoms with Crippen molar-refractivity contribution in [3.05, 3.63) is 73.4 Å². The third-order valence-corrected chi connectivity index (χ3v) is 5.45. The van der Waals surface area contributed by atoms with Crippen molar-refractivity contribution in [1.82, 2.24) is 14.9 Å². The number of aromatic nitrogens is 2. The van der Waals surface area contributed by atoms with Crippen molar-refractivity contribution < 1.29 is 13.7 Å². The predicted molar refractivity (Wildman–Crippen MR) is 101 cm³/mol. The van der Waals surface area contributed by atoms with Crippen molar-refractivity contribution in [3.63, 3.8) is 0 Å². The van der Waals surface area contributed by atoms with Crippen LogP contribution >= 0.6 is 0 Å². The normalized spacial score (nSPS) is 16.7. The summed E-state index contributed by atoms with van der Waals surface area (Å²) >= 11 is 0. The molecular weight excluding hydrogens is 379 g/mol. The first-order chi connectivity index (χ1) is 14.0. The number of nitrogens with zero attached hydrogens (tertiary/aromatic N) is 4. The van der Waals surface area contributed by atoms with Crippen LogP contribution in [-0.2, 0) is 19.5 Å². The maximum Gasteiger partial charge on any atom is 0.315 e. The molecule has 0 saturated heterocycles. The second kappa shape index (κ2) is 6.70. The summed E-state index contributed by atoms with van der Waals surface area (Å²) in [4.78, 5) is 34.4. The number of halogens is 1. The smallest absolute Gasteiger partial charge is 0.315 e. The highest BCUT2D eigenvalue weighted by atomic mass is 19.1. The van der Waals surface area contributed by atoms with Crippen LogP contribution in [0.1, 0.15) is 41.4 Å². The number of nitro benzene ring substituents is 1. The van der Waals surface area contributed by atoms with Crippen LogP contribution in [0.3, 0.4) is 0 Å². The topological polar surface area (TPSA) is 102 Å². The maximum atomic E-state index is 13.8. The van der Waals surface area contributed by atoms with Gasteiger partial charge in [-0.15, -0.1) is 0 Å². The molecule has 1 aromatic carbocycles. The number of nitro groups is 1. The molecular formula is C20H17FN4O4. The number of benzene rings is 1. The second-order valence-corrected chi connectivity index (χ2v) is 7.58. The molecule has 3 heterocycles. The highest BCUT2D eigenvalue weighted by Gasteiger charge is 2.28. The van der Waals surface area contributed by atoms with E-state index in [-0.39, 0.29) is 11.0 Å². The van der Waals surface area contributed by atoms with Gasteiger partial charge >= 0.3 is 5.69 Å². The molecule has 9 heteroatoms. The van der Waals surface area contributed by atoms with E-state index in [0.29, 0.717) is 24.6 Å². The van der Waals surface area contributed by atoms with Gasteiger partial charge in [-0.05, 0) is 18.9 Å². The van der Waals surface area contributed by atoms with Gasteiger partial charge in [0, 0.05) is 55.0 Å². The van der Waals surface area contributed by atoms with Crippen LogP contribution in [0.4, 0.5) is 10.1 Å². The lowest BCUT2D eigenvalue weighted by Crippen LogP contribution is -2.32. The largest absolute Gasteiger partial charge is 0.456 e. The molecule has 29 heavy (non-hydrogen) atoms. The summed E-state index contributed by atoms with van der Waals surface area (Å²) in [5, 5.41) is 11.0. The Hall–Kier alpha value is -3.20. The first kappa shape index (κ1) is 17.9. The second-order valence-electron chi connectivity index (χ2n) is 7.58. The van der Waals surface area contributed by atoms with E-state index in [1.807, 2.05) is 6.20 Å². The van der Waals surface area contributed by atoms with E-state index < -0.39 is 21.9 Å². The van der Waals surface area contributed by atoms with Gasteiger partial charge in [0.05, 0.1) is 22.6 Å². The van der Waals surface area contributed by atoms with Gasteiger partial charge in [-0.1, -0.05) is 0 Å². The van der Waals surface area contributed by atoms with Gasteiger partial charge in [0.25, 0.3) is 0 Å². The average Bonchev–Trinajstić information content (AvgIpc) is 3.55. The molecule has 1 aliphatic heterocycles. The molecule has 0 amide bonds. The molecule has 1 aliphatic carbocycles. The lowest BCUT2D eigenvalue weighted by atomic mass is 10.1. The summed E-state index contributed by atoms with van der Waals surface area (Å²) in [5.41, 5.74) is 1.19. The monoisotopic (exact) mass is 396 g/mol. The van der Waals surface area contributed by atoms with Crippen LogP contribution in [0.15, 0.2) is 33.8 Å². The first-order valence-electron chi connectivity index (χ1n) is 9.45. The number of non-ortho nitro benzene ring substituents is 1. The van der Waals surface area contributed by atoms with E-state index in [1.165, 1.54) is 6.26 Å². The summed E-state index contributed by atoms with van der Waals surface area (Å²) in [5.74, 6) is 0.588. The van der Waals surface area contributed by atoms with Gasteiger partial charge in [-0.2, -0.15) is 0 Å². The fraction of sp³-hybridized carbons (Fsp3) is 0.350. The van der Waals surface area contributed by atoms with E-state index >= 15 is 0 Å². The van der Waals surface area contributed by atoms with Gasteiger partial charge in [0.2, 0.25) is 5.58 Å². The molecule has 1 saturated carbocycles. The number of fused-ring (bicyclic) bond motifs is 2. The zero-order valence-corrected chi connectivity index (χ0v) is 15.4. The Morgan fingerprint density at radius 3 is 2.93 bits per heavy atom. The van der Waals surface area contributed by atoms with E-state index in [1.54, 1.807) is 0 Å². The van der Waals surface area contributed by atoms with E-state index in [0.717, 1.165) is 55.0 Å². The van der Waals surface area contributed by atoms with Crippen LogP contribution in [-0.4, -0.2) is 26.3 Å². The Balaban J connectivity index is 1.43. The summed E-state index contributed by atoms with van der Waals surface area (Å²) in [6.45, 7) is 1.61. The van der Waals surface area contributed by atoms with Crippen LogP contribution < -0.4 is 5.43 Å². The van der Waals surface area contributed by atoms with Crippen molar-refractivity contribution in [2.45, 2.75) is 38.3 Å². The molecule has 5 rings (SSSR count). The fourth-order valence-electron chi connectivity index (χ4n) is 3.78. The minimum absolute atomic E-state index is 0.121. The van der Waals surface area contributed by atoms with Crippen molar-refractivity contribution >= 4 is 16.7 Å². The average molecular weight is 396 g/mol. The van der Waals surface area contributed by atoms with Crippen molar-refractivity contribution in [3.8, 4) is 0 Å². The van der Waals surface area contributed by atoms with E-state index in [2.05, 4.69) is 14.9 Å². The van der Waals surface area contributed by atoms with E-state index in [9.17, 15) is 19.3 Å². The minimum atomic E-state index is -0.843. The Labute approximate surface area is 164 Å². The molecule has 2 aromatic heterocycles. The predicted octanol–water partition coefficient (Wildman–Crippen LogP) is 3.07. The Bertz CT molecular complexity index is 1210. The van der Waals surface area contributed by atoms with Gasteiger partial charge < -0.3 is 4.42 Å². The molecule has 0 bridgehead atoms. The van der Waals surface area contributed by atoms with Crippen molar-refractivity contribution in [2.24, 2.45) is 0 Å². The molecule has 8 nitrogen and oxygen atoms in total. The van der Waals surface area contributed by atoms with Crippen molar-refractivity contribution in [1.29, 1.82) is 0 Å². The minimum Gasteiger partial charge on any atom is -0.456 e. The van der Waals surface area contributed by atoms with Crippen LogP contribution in [0.2, 0.25) is 0 Å². The van der Waals surface area contributed by atoms with Crippen LogP contribution in [0.5, 0.6) is 0 Å². The molecule has 0 spiro atoms. The zero-order valence-electron chi connectivity index (χ0n) is 15.4. The van der Waals surface area contributed by atoms with Crippen LogP contribution in [0, 0.1) is 15.9 Å². The summed E-state index contributed by atoms with van der Waals surface area (Å²) in [6.07, 6.45) is 6.17. The molecule has 0 unspecified atom stereocenters. The molecule has 0 radical (unpaired) electrons. The van der Waals surface area contributed by atoms with Gasteiger partial charge in [0.15, 0.2) is 5.43 Å². The number of rotatable bonds is 4. The highest BCUT2D eigenvalue weighted by molar-refractivity contribution is 5.85. The summed E-state index contributed by atoms with van der Waals surface area (Å²) in [7, 11) is 0. The molecule has 2 aliphatic rings. The standard InChI is InChI=1S/C20H17FN4O4/c21-14-5-15-18(26)13(10-29-19(15)17(6-14)25(27)28)9-24-4-3-16-12(8-24)7-22-20(23-16)11-1-2-11/h5-7,10-11H,1-4,8-9H2. The van der Waals surface area contributed by atoms with Gasteiger partial charge in [0.1, 0.15) is 11.6 Å². The van der Waals surface area contributed by atoms with Crippen LogP contribution in [0.25, 0.3) is 11.0 Å². The maximum absolute atomic E-state index is 13.8. The zero-order chi connectivity index (χ0) is 20.1. The number of hydrogen-bond donors (Lipinski definition) is 0. The fourth-order valence-corrected chi connectivity index (χ4v) is 3.78. The third kappa shape index (κ3) is 3.27. The Kier molecular flexibility index (Phi) is 4.13. The Morgan fingerprint density at radius 1 is 1.34 bits per heavy atom. The third-order valence-electron chi connectivity index (χ3n) is 5.45. The lowest BCUT2D eigenvalue weighted by Gasteiger charge is -2.27. The van der Waals surface area contributed by atoms with E-state index in [4.69, 9.17) is 4.42 Å². The van der Waals surface area contributed by atoms with Crippen molar-refractivity contribution in [2.75, 3.05) is 6.54 Å². The lowest BCUT2D eigenvalue weighted by molar-refractivity contribution is -0.383. The molecule has 148 valence electrons. The molecule has 3 aromatic rings. The Morgan fingerprint density at radius 2 is 2.17 bits per heavy atom. The molecule has 0 atom stereocenters. The molecule has 0 N–H and O–H groups in total. The summed E-state index contributed by atoms with van der Waals surface area (Å²) in [6, 6.07) is 1.73. The van der Waals surface area contributed by atoms with Gasteiger partial charge in [-0.25, -0.2) is 14.4 Å². The molecule has 1 fully saturated rings. The van der Waals surface area contributed by atoms with Gasteiger partial charge in [-0.3, -0.25) is 19.8 Å². The number of hydrogen-bond acceptors (Lipinski definition) is 7. The highest BCUT2D eigenvalue weighted by Crippen LogP contribution is 2.38. The quantitative estimate of drug-likeness (QED) is 0.493. The summed E-state index contributed by atoms with van der Waals surface area (Å²) < 4.78 is 19.1.